The van der Waals surface area contributed by atoms with E-state index in [0.29, 0.717) is 6.54 Å². The molecule has 6 nitrogen and oxygen atoms in total. The SMILES string of the molecule is CCNC(=NCc1ccsc1)NCC(c1ccc(C)o1)N1CCOCC1. The van der Waals surface area contributed by atoms with Crippen molar-refractivity contribution in [2.75, 3.05) is 39.4 Å². The predicted molar refractivity (Wildman–Crippen MR) is 106 cm³/mol. The van der Waals surface area contributed by atoms with E-state index in [1.807, 2.05) is 13.0 Å². The molecule has 26 heavy (non-hydrogen) atoms. The topological polar surface area (TPSA) is 62.0 Å². The van der Waals surface area contributed by atoms with E-state index in [2.05, 4.69) is 45.4 Å². The highest BCUT2D eigenvalue weighted by Crippen LogP contribution is 2.23. The predicted octanol–water partition coefficient (Wildman–Crippen LogP) is 2.78. The molecule has 1 unspecified atom stereocenters. The Morgan fingerprint density at radius 2 is 2.12 bits per heavy atom. The quantitative estimate of drug-likeness (QED) is 0.575. The minimum absolute atomic E-state index is 0.164. The van der Waals surface area contributed by atoms with Gasteiger partial charge in [-0.2, -0.15) is 11.3 Å². The largest absolute Gasteiger partial charge is 0.465 e. The molecule has 1 atom stereocenters. The Bertz CT molecular complexity index is 678. The molecule has 0 saturated carbocycles. The van der Waals surface area contributed by atoms with E-state index < -0.39 is 0 Å². The monoisotopic (exact) mass is 376 g/mol. The number of hydrogen-bond acceptors (Lipinski definition) is 5. The minimum Gasteiger partial charge on any atom is -0.465 e. The van der Waals surface area contributed by atoms with Gasteiger partial charge in [-0.05, 0) is 48.4 Å². The fourth-order valence-electron chi connectivity index (χ4n) is 3.02. The van der Waals surface area contributed by atoms with Crippen molar-refractivity contribution in [3.8, 4) is 0 Å². The molecule has 1 aliphatic heterocycles. The summed E-state index contributed by atoms with van der Waals surface area (Å²) < 4.78 is 11.4. The van der Waals surface area contributed by atoms with Gasteiger partial charge in [-0.25, -0.2) is 4.99 Å². The Kier molecular flexibility index (Phi) is 7.11. The molecule has 2 aromatic rings. The summed E-state index contributed by atoms with van der Waals surface area (Å²) in [5.41, 5.74) is 1.23. The number of guanidine groups is 1. The van der Waals surface area contributed by atoms with Gasteiger partial charge in [0.1, 0.15) is 11.5 Å². The van der Waals surface area contributed by atoms with Crippen molar-refractivity contribution in [2.45, 2.75) is 26.4 Å². The van der Waals surface area contributed by atoms with Crippen LogP contribution in [0.1, 0.15) is 30.0 Å². The summed E-state index contributed by atoms with van der Waals surface area (Å²) in [6.07, 6.45) is 0. The highest BCUT2D eigenvalue weighted by Gasteiger charge is 2.25. The number of hydrogen-bond donors (Lipinski definition) is 2. The fraction of sp³-hybridized carbons (Fsp3) is 0.526. The number of morpholine rings is 1. The zero-order valence-electron chi connectivity index (χ0n) is 15.5. The Hall–Kier alpha value is -1.83. The van der Waals surface area contributed by atoms with Crippen molar-refractivity contribution >= 4 is 17.3 Å². The zero-order chi connectivity index (χ0) is 18.2. The van der Waals surface area contributed by atoms with Gasteiger partial charge in [0.25, 0.3) is 0 Å². The van der Waals surface area contributed by atoms with Crippen molar-refractivity contribution in [1.82, 2.24) is 15.5 Å². The molecular formula is C19H28N4O2S. The van der Waals surface area contributed by atoms with E-state index in [1.165, 1.54) is 5.56 Å². The molecule has 3 rings (SSSR count). The first kappa shape index (κ1) is 18.9. The highest BCUT2D eigenvalue weighted by molar-refractivity contribution is 7.07. The van der Waals surface area contributed by atoms with Gasteiger partial charge in [-0.15, -0.1) is 0 Å². The molecule has 0 radical (unpaired) electrons. The number of ether oxygens (including phenoxy) is 1. The molecule has 0 aliphatic carbocycles. The molecule has 1 aliphatic rings. The molecule has 0 aromatic carbocycles. The lowest BCUT2D eigenvalue weighted by Crippen LogP contribution is -2.46. The Morgan fingerprint density at radius 3 is 2.77 bits per heavy atom. The summed E-state index contributed by atoms with van der Waals surface area (Å²) in [6, 6.07) is 6.38. The second-order valence-corrected chi connectivity index (χ2v) is 7.10. The van der Waals surface area contributed by atoms with Crippen molar-refractivity contribution in [3.63, 3.8) is 0 Å². The van der Waals surface area contributed by atoms with Crippen LogP contribution < -0.4 is 10.6 Å². The number of aliphatic imine (C=N–C) groups is 1. The number of thiophene rings is 1. The van der Waals surface area contributed by atoms with Gasteiger partial charge in [0.2, 0.25) is 0 Å². The second-order valence-electron chi connectivity index (χ2n) is 6.32. The van der Waals surface area contributed by atoms with Gasteiger partial charge >= 0.3 is 0 Å². The van der Waals surface area contributed by atoms with Crippen molar-refractivity contribution < 1.29 is 9.15 Å². The molecule has 142 valence electrons. The number of furan rings is 1. The van der Waals surface area contributed by atoms with Crippen molar-refractivity contribution in [3.05, 3.63) is 46.0 Å². The maximum absolute atomic E-state index is 5.93. The Morgan fingerprint density at radius 1 is 1.27 bits per heavy atom. The number of nitrogens with one attached hydrogen (secondary N) is 2. The first-order valence-electron chi connectivity index (χ1n) is 9.17. The van der Waals surface area contributed by atoms with Crippen LogP contribution in [0.25, 0.3) is 0 Å². The maximum Gasteiger partial charge on any atom is 0.191 e. The summed E-state index contributed by atoms with van der Waals surface area (Å²) in [4.78, 5) is 7.11. The van der Waals surface area contributed by atoms with Crippen LogP contribution in [0.5, 0.6) is 0 Å². The van der Waals surface area contributed by atoms with Gasteiger partial charge < -0.3 is 19.8 Å². The van der Waals surface area contributed by atoms with E-state index >= 15 is 0 Å². The minimum atomic E-state index is 0.164. The molecule has 2 N–H and O–H groups in total. The number of nitrogens with zero attached hydrogens (tertiary/aromatic N) is 2. The van der Waals surface area contributed by atoms with Crippen molar-refractivity contribution in [1.29, 1.82) is 0 Å². The highest BCUT2D eigenvalue weighted by atomic mass is 32.1. The Balaban J connectivity index is 1.66. The van der Waals surface area contributed by atoms with Crippen LogP contribution in [0.3, 0.4) is 0 Å². The van der Waals surface area contributed by atoms with Crippen LogP contribution in [-0.2, 0) is 11.3 Å². The van der Waals surface area contributed by atoms with Gasteiger partial charge in [0, 0.05) is 26.2 Å². The normalized spacial score (nSPS) is 17.2. The maximum atomic E-state index is 5.93. The summed E-state index contributed by atoms with van der Waals surface area (Å²) in [5.74, 6) is 2.77. The smallest absolute Gasteiger partial charge is 0.191 e. The van der Waals surface area contributed by atoms with Crippen LogP contribution >= 0.6 is 11.3 Å². The summed E-state index contributed by atoms with van der Waals surface area (Å²) in [7, 11) is 0. The van der Waals surface area contributed by atoms with Crippen LogP contribution in [0.15, 0.2) is 38.4 Å². The lowest BCUT2D eigenvalue weighted by Gasteiger charge is -2.33. The van der Waals surface area contributed by atoms with Crippen LogP contribution in [0.2, 0.25) is 0 Å². The van der Waals surface area contributed by atoms with Gasteiger partial charge in [0.05, 0.1) is 25.8 Å². The van der Waals surface area contributed by atoms with Gasteiger partial charge in [-0.1, -0.05) is 0 Å². The molecule has 0 amide bonds. The first-order chi connectivity index (χ1) is 12.8. The Labute approximate surface area is 159 Å². The molecule has 0 spiro atoms. The summed E-state index contributed by atoms with van der Waals surface area (Å²) in [6.45, 7) is 9.67. The third-order valence-corrected chi connectivity index (χ3v) is 5.11. The zero-order valence-corrected chi connectivity index (χ0v) is 16.3. The van der Waals surface area contributed by atoms with E-state index in [9.17, 15) is 0 Å². The molecule has 3 heterocycles. The van der Waals surface area contributed by atoms with Gasteiger partial charge in [0.15, 0.2) is 5.96 Å². The fourth-order valence-corrected chi connectivity index (χ4v) is 3.68. The third kappa shape index (κ3) is 5.33. The van der Waals surface area contributed by atoms with Crippen LogP contribution in [-0.4, -0.2) is 50.3 Å². The summed E-state index contributed by atoms with van der Waals surface area (Å²) in [5, 5.41) is 11.0. The second kappa shape index (κ2) is 9.75. The molecule has 7 heteroatoms. The standard InChI is InChI=1S/C19H28N4O2S/c1-3-20-19(21-12-16-6-11-26-14-16)22-13-17(18-5-4-15(2)25-18)23-7-9-24-10-8-23/h4-6,11,14,17H,3,7-10,12-13H2,1-2H3,(H2,20,21,22). The van der Waals surface area contributed by atoms with Crippen molar-refractivity contribution in [2.24, 2.45) is 4.99 Å². The van der Waals surface area contributed by atoms with E-state index in [-0.39, 0.29) is 6.04 Å². The van der Waals surface area contributed by atoms with Crippen LogP contribution in [0, 0.1) is 6.92 Å². The van der Waals surface area contributed by atoms with E-state index in [0.717, 1.165) is 56.9 Å². The van der Waals surface area contributed by atoms with Crippen LogP contribution in [0.4, 0.5) is 0 Å². The number of aryl methyl sites for hydroxylation is 1. The first-order valence-corrected chi connectivity index (χ1v) is 10.1. The molecular weight excluding hydrogens is 348 g/mol. The summed E-state index contributed by atoms with van der Waals surface area (Å²) >= 11 is 1.70. The van der Waals surface area contributed by atoms with E-state index in [4.69, 9.17) is 14.1 Å². The number of rotatable bonds is 7. The molecule has 2 aromatic heterocycles. The average Bonchev–Trinajstić information content (AvgIpc) is 3.32. The lowest BCUT2D eigenvalue weighted by atomic mass is 10.1. The van der Waals surface area contributed by atoms with Gasteiger partial charge in [-0.3, -0.25) is 4.90 Å². The molecule has 1 fully saturated rings. The molecule has 1 saturated heterocycles. The third-order valence-electron chi connectivity index (χ3n) is 4.38. The average molecular weight is 377 g/mol. The van der Waals surface area contributed by atoms with E-state index in [1.54, 1.807) is 11.3 Å². The lowest BCUT2D eigenvalue weighted by molar-refractivity contribution is 0.0124. The molecule has 0 bridgehead atoms.